The standard InChI is InChI=1S/C19H21N9O2/c1-11-22-12(10-13(20)23-11)16-17(25-15-6-5-8-21-28(15)16)24-14-7-9-27(26-14)18(29)30-19(2,3)4/h5-10H,1-4H3,(H,24,26)(H2,20,22,23). The number of fused-ring (bicyclic) bond motifs is 1. The van der Waals surface area contributed by atoms with Crippen molar-refractivity contribution >= 4 is 29.2 Å². The molecule has 0 amide bonds. The molecule has 3 N–H and O–H groups in total. The van der Waals surface area contributed by atoms with Gasteiger partial charge in [0, 0.05) is 24.5 Å². The zero-order valence-electron chi connectivity index (χ0n) is 17.0. The van der Waals surface area contributed by atoms with Gasteiger partial charge in [-0.05, 0) is 39.8 Å². The highest BCUT2D eigenvalue weighted by molar-refractivity contribution is 5.78. The molecule has 4 aromatic rings. The van der Waals surface area contributed by atoms with Gasteiger partial charge in [-0.15, -0.1) is 5.10 Å². The third kappa shape index (κ3) is 3.90. The minimum Gasteiger partial charge on any atom is -0.442 e. The van der Waals surface area contributed by atoms with Crippen molar-refractivity contribution < 1.29 is 9.53 Å². The van der Waals surface area contributed by atoms with Gasteiger partial charge in [0.2, 0.25) is 0 Å². The van der Waals surface area contributed by atoms with Crippen LogP contribution in [-0.2, 0) is 4.74 Å². The van der Waals surface area contributed by atoms with Crippen molar-refractivity contribution in [2.24, 2.45) is 0 Å². The number of hydrogen-bond donors (Lipinski definition) is 2. The summed E-state index contributed by atoms with van der Waals surface area (Å²) >= 11 is 0. The summed E-state index contributed by atoms with van der Waals surface area (Å²) in [5.74, 6) is 1.73. The van der Waals surface area contributed by atoms with Gasteiger partial charge in [-0.25, -0.2) is 24.3 Å². The fourth-order valence-corrected chi connectivity index (χ4v) is 2.84. The molecule has 11 heteroatoms. The molecule has 0 atom stereocenters. The van der Waals surface area contributed by atoms with Gasteiger partial charge < -0.3 is 15.8 Å². The molecule has 154 valence electrons. The molecule has 11 nitrogen and oxygen atoms in total. The number of aryl methyl sites for hydroxylation is 1. The molecule has 0 aliphatic carbocycles. The largest absolute Gasteiger partial charge is 0.442 e. The Morgan fingerprint density at radius 1 is 1.20 bits per heavy atom. The minimum atomic E-state index is -0.623. The van der Waals surface area contributed by atoms with Crippen molar-refractivity contribution in [2.75, 3.05) is 11.1 Å². The molecule has 0 aliphatic heterocycles. The normalized spacial score (nSPS) is 11.6. The molecule has 4 aromatic heterocycles. The number of nitrogen functional groups attached to an aromatic ring is 1. The zero-order chi connectivity index (χ0) is 21.5. The van der Waals surface area contributed by atoms with E-state index in [1.54, 1.807) is 56.6 Å². The van der Waals surface area contributed by atoms with Crippen molar-refractivity contribution in [3.8, 4) is 11.4 Å². The highest BCUT2D eigenvalue weighted by atomic mass is 16.6. The Morgan fingerprint density at radius 3 is 2.73 bits per heavy atom. The number of carbonyl (C=O) groups is 1. The first-order valence-corrected chi connectivity index (χ1v) is 9.21. The molecule has 0 saturated heterocycles. The van der Waals surface area contributed by atoms with Gasteiger partial charge in [-0.1, -0.05) is 0 Å². The van der Waals surface area contributed by atoms with Gasteiger partial charge in [0.05, 0.1) is 5.69 Å². The van der Waals surface area contributed by atoms with Crippen LogP contribution < -0.4 is 11.1 Å². The Hall–Kier alpha value is -4.02. The Kier molecular flexibility index (Phi) is 4.57. The number of nitrogens with zero attached hydrogens (tertiary/aromatic N) is 7. The van der Waals surface area contributed by atoms with Crippen molar-refractivity contribution in [1.82, 2.24) is 34.3 Å². The van der Waals surface area contributed by atoms with E-state index in [2.05, 4.69) is 30.5 Å². The quantitative estimate of drug-likeness (QED) is 0.525. The fourth-order valence-electron chi connectivity index (χ4n) is 2.84. The van der Waals surface area contributed by atoms with Crippen LogP contribution in [0.3, 0.4) is 0 Å². The number of nitrogens with one attached hydrogen (secondary N) is 1. The van der Waals surface area contributed by atoms with Crippen LogP contribution in [0, 0.1) is 6.92 Å². The maximum atomic E-state index is 12.2. The first-order chi connectivity index (χ1) is 14.2. The summed E-state index contributed by atoms with van der Waals surface area (Å²) in [7, 11) is 0. The van der Waals surface area contributed by atoms with Crippen LogP contribution in [0.2, 0.25) is 0 Å². The van der Waals surface area contributed by atoms with E-state index in [0.29, 0.717) is 40.3 Å². The number of aromatic nitrogens is 7. The van der Waals surface area contributed by atoms with Crippen LogP contribution in [0.15, 0.2) is 36.7 Å². The van der Waals surface area contributed by atoms with Gasteiger partial charge in [0.1, 0.15) is 22.9 Å². The lowest BCUT2D eigenvalue weighted by atomic mass is 10.2. The Morgan fingerprint density at radius 2 is 2.00 bits per heavy atom. The Balaban J connectivity index is 1.73. The van der Waals surface area contributed by atoms with Crippen LogP contribution in [0.5, 0.6) is 0 Å². The van der Waals surface area contributed by atoms with E-state index >= 15 is 0 Å². The molecule has 0 spiro atoms. The summed E-state index contributed by atoms with van der Waals surface area (Å²) in [6.07, 6.45) is 2.58. The topological polar surface area (TPSA) is 138 Å². The molecule has 0 fully saturated rings. The molecule has 4 rings (SSSR count). The molecule has 0 aliphatic rings. The lowest BCUT2D eigenvalue weighted by molar-refractivity contribution is 0.0515. The van der Waals surface area contributed by atoms with E-state index in [-0.39, 0.29) is 0 Å². The highest BCUT2D eigenvalue weighted by Crippen LogP contribution is 2.29. The van der Waals surface area contributed by atoms with E-state index < -0.39 is 11.7 Å². The second-order valence-electron chi connectivity index (χ2n) is 7.58. The summed E-state index contributed by atoms with van der Waals surface area (Å²) in [4.78, 5) is 25.4. The lowest BCUT2D eigenvalue weighted by Crippen LogP contribution is -2.27. The minimum absolute atomic E-state index is 0.337. The van der Waals surface area contributed by atoms with Crippen molar-refractivity contribution in [3.63, 3.8) is 0 Å². The maximum absolute atomic E-state index is 12.2. The number of carbonyl (C=O) groups excluding carboxylic acids is 1. The SMILES string of the molecule is Cc1nc(N)cc(-c2c(Nc3ccn(C(=O)OC(C)(C)C)n3)nc3cccnn23)n1. The smallest absolute Gasteiger partial charge is 0.435 e. The average Bonchev–Trinajstić information content (AvgIpc) is 3.24. The summed E-state index contributed by atoms with van der Waals surface area (Å²) in [5, 5.41) is 11.7. The van der Waals surface area contributed by atoms with Gasteiger partial charge in [-0.2, -0.15) is 9.78 Å². The maximum Gasteiger partial charge on any atom is 0.435 e. The van der Waals surface area contributed by atoms with E-state index in [1.807, 2.05) is 6.07 Å². The number of anilines is 3. The average molecular weight is 407 g/mol. The molecule has 0 radical (unpaired) electrons. The number of ether oxygens (including phenoxy) is 1. The molecular weight excluding hydrogens is 386 g/mol. The molecule has 0 unspecified atom stereocenters. The third-order valence-electron chi connectivity index (χ3n) is 3.91. The molecular formula is C19H21N9O2. The second kappa shape index (κ2) is 7.10. The summed E-state index contributed by atoms with van der Waals surface area (Å²) in [5.41, 5.74) is 7.04. The Labute approximate surface area is 171 Å². The molecule has 4 heterocycles. The summed E-state index contributed by atoms with van der Waals surface area (Å²) < 4.78 is 8.09. The van der Waals surface area contributed by atoms with Crippen molar-refractivity contribution in [1.29, 1.82) is 0 Å². The van der Waals surface area contributed by atoms with Crippen molar-refractivity contribution in [3.05, 3.63) is 42.5 Å². The lowest BCUT2D eigenvalue weighted by Gasteiger charge is -2.18. The predicted molar refractivity (Wildman–Crippen MR) is 110 cm³/mol. The predicted octanol–water partition coefficient (Wildman–Crippen LogP) is 2.80. The van der Waals surface area contributed by atoms with E-state index in [9.17, 15) is 4.79 Å². The number of imidazole rings is 1. The molecule has 0 saturated carbocycles. The third-order valence-corrected chi connectivity index (χ3v) is 3.91. The fraction of sp³-hybridized carbons (Fsp3) is 0.263. The summed E-state index contributed by atoms with van der Waals surface area (Å²) in [6.45, 7) is 7.13. The zero-order valence-corrected chi connectivity index (χ0v) is 17.0. The molecule has 0 bridgehead atoms. The van der Waals surface area contributed by atoms with Crippen molar-refractivity contribution in [2.45, 2.75) is 33.3 Å². The van der Waals surface area contributed by atoms with Crippen LogP contribution in [-0.4, -0.2) is 46.0 Å². The Bertz CT molecular complexity index is 1220. The first-order valence-electron chi connectivity index (χ1n) is 9.21. The number of nitrogens with two attached hydrogens (primary N) is 1. The van der Waals surface area contributed by atoms with Gasteiger partial charge >= 0.3 is 6.09 Å². The monoisotopic (exact) mass is 407 g/mol. The first kappa shape index (κ1) is 19.3. The van der Waals surface area contributed by atoms with E-state index in [4.69, 9.17) is 10.5 Å². The van der Waals surface area contributed by atoms with Crippen LogP contribution >= 0.6 is 0 Å². The van der Waals surface area contributed by atoms with E-state index in [0.717, 1.165) is 4.68 Å². The van der Waals surface area contributed by atoms with Crippen LogP contribution in [0.1, 0.15) is 26.6 Å². The highest BCUT2D eigenvalue weighted by Gasteiger charge is 2.21. The van der Waals surface area contributed by atoms with Crippen LogP contribution in [0.25, 0.3) is 17.0 Å². The van der Waals surface area contributed by atoms with Gasteiger partial charge in [0.25, 0.3) is 0 Å². The van der Waals surface area contributed by atoms with E-state index in [1.165, 1.54) is 6.20 Å². The van der Waals surface area contributed by atoms with Gasteiger partial charge in [0.15, 0.2) is 17.3 Å². The molecule has 30 heavy (non-hydrogen) atoms. The molecule has 0 aromatic carbocycles. The number of hydrogen-bond acceptors (Lipinski definition) is 9. The van der Waals surface area contributed by atoms with Crippen LogP contribution in [0.4, 0.5) is 22.2 Å². The summed E-state index contributed by atoms with van der Waals surface area (Å²) in [6, 6.07) is 6.89. The van der Waals surface area contributed by atoms with Gasteiger partial charge in [-0.3, -0.25) is 0 Å². The number of rotatable bonds is 3. The second-order valence-corrected chi connectivity index (χ2v) is 7.58.